The van der Waals surface area contributed by atoms with E-state index in [1.807, 2.05) is 23.1 Å². The van der Waals surface area contributed by atoms with Crippen LogP contribution in [0.2, 0.25) is 0 Å². The molecule has 0 unspecified atom stereocenters. The van der Waals surface area contributed by atoms with Crippen LogP contribution in [0, 0.1) is 11.7 Å². The topological polar surface area (TPSA) is 56.8 Å². The normalized spacial score (nSPS) is 20.5. The lowest BCUT2D eigenvalue weighted by molar-refractivity contribution is -0.143. The first kappa shape index (κ1) is 21.4. The molecule has 7 heteroatoms. The second-order valence-electron chi connectivity index (χ2n) is 8.38. The molecule has 0 N–H and O–H groups in total. The highest BCUT2D eigenvalue weighted by atomic mass is 19.1. The number of halogens is 1. The Bertz CT molecular complexity index is 907. The molecule has 1 aromatic heterocycles. The zero-order chi connectivity index (χ0) is 21.6. The smallest absolute Gasteiger partial charge is 0.227 e. The number of carbonyl (C=O) groups is 2. The van der Waals surface area contributed by atoms with Crippen molar-refractivity contribution in [2.45, 2.75) is 32.4 Å². The SMILES string of the molecule is O=C1CC[C@@H](C(=O)N2CCCN(Cc3ccccn3)CC2)CN1Cc1ccccc1F. The average molecular weight is 425 g/mol. The van der Waals surface area contributed by atoms with Crippen LogP contribution in [0.4, 0.5) is 4.39 Å². The number of nitrogens with zero attached hydrogens (tertiary/aromatic N) is 4. The summed E-state index contributed by atoms with van der Waals surface area (Å²) < 4.78 is 14.0. The summed E-state index contributed by atoms with van der Waals surface area (Å²) in [6, 6.07) is 12.4. The van der Waals surface area contributed by atoms with E-state index in [1.165, 1.54) is 6.07 Å². The molecule has 0 saturated carbocycles. The Labute approximate surface area is 182 Å². The number of hydrogen-bond acceptors (Lipinski definition) is 4. The van der Waals surface area contributed by atoms with Gasteiger partial charge in [0.25, 0.3) is 0 Å². The van der Waals surface area contributed by atoms with E-state index in [4.69, 9.17) is 0 Å². The molecule has 2 aliphatic heterocycles. The number of aromatic nitrogens is 1. The monoisotopic (exact) mass is 424 g/mol. The third-order valence-corrected chi connectivity index (χ3v) is 6.18. The Hall–Kier alpha value is -2.80. The molecule has 6 nitrogen and oxygen atoms in total. The lowest BCUT2D eigenvalue weighted by Gasteiger charge is -2.34. The van der Waals surface area contributed by atoms with E-state index in [-0.39, 0.29) is 30.1 Å². The molecule has 1 aromatic carbocycles. The molecule has 1 atom stereocenters. The van der Waals surface area contributed by atoms with Crippen molar-refractivity contribution in [2.24, 2.45) is 5.92 Å². The summed E-state index contributed by atoms with van der Waals surface area (Å²) in [5.41, 5.74) is 1.53. The van der Waals surface area contributed by atoms with Gasteiger partial charge in [-0.2, -0.15) is 0 Å². The zero-order valence-electron chi connectivity index (χ0n) is 17.8. The van der Waals surface area contributed by atoms with Crippen LogP contribution in [-0.2, 0) is 22.7 Å². The Morgan fingerprint density at radius 2 is 1.87 bits per heavy atom. The van der Waals surface area contributed by atoms with Crippen LogP contribution in [0.15, 0.2) is 48.7 Å². The first-order chi connectivity index (χ1) is 15.1. The van der Waals surface area contributed by atoms with Crippen molar-refractivity contribution in [1.29, 1.82) is 0 Å². The van der Waals surface area contributed by atoms with E-state index in [0.717, 1.165) is 38.3 Å². The second-order valence-corrected chi connectivity index (χ2v) is 8.38. The highest BCUT2D eigenvalue weighted by molar-refractivity contribution is 5.84. The molecule has 0 radical (unpaired) electrons. The summed E-state index contributed by atoms with van der Waals surface area (Å²) >= 11 is 0. The molecular formula is C24H29FN4O2. The van der Waals surface area contributed by atoms with Crippen molar-refractivity contribution >= 4 is 11.8 Å². The first-order valence-electron chi connectivity index (χ1n) is 11.0. The number of carbonyl (C=O) groups excluding carboxylic acids is 2. The van der Waals surface area contributed by atoms with Gasteiger partial charge in [0, 0.05) is 64.0 Å². The number of rotatable bonds is 5. The van der Waals surface area contributed by atoms with Gasteiger partial charge in [-0.1, -0.05) is 24.3 Å². The maximum Gasteiger partial charge on any atom is 0.227 e. The third kappa shape index (κ3) is 5.47. The summed E-state index contributed by atoms with van der Waals surface area (Å²) in [4.78, 5) is 35.9. The van der Waals surface area contributed by atoms with Crippen molar-refractivity contribution < 1.29 is 14.0 Å². The second kappa shape index (κ2) is 10.0. The van der Waals surface area contributed by atoms with Crippen LogP contribution in [0.5, 0.6) is 0 Å². The van der Waals surface area contributed by atoms with Crippen molar-refractivity contribution in [2.75, 3.05) is 32.7 Å². The molecule has 0 bridgehead atoms. The Morgan fingerprint density at radius 1 is 1.03 bits per heavy atom. The van der Waals surface area contributed by atoms with Crippen molar-refractivity contribution in [3.05, 3.63) is 65.7 Å². The zero-order valence-corrected chi connectivity index (χ0v) is 17.8. The maximum absolute atomic E-state index is 14.0. The largest absolute Gasteiger partial charge is 0.341 e. The third-order valence-electron chi connectivity index (χ3n) is 6.18. The number of amides is 2. The minimum absolute atomic E-state index is 0.00953. The average Bonchev–Trinajstić information content (AvgIpc) is 3.02. The number of piperidine rings is 1. The van der Waals surface area contributed by atoms with Crippen LogP contribution in [0.3, 0.4) is 0 Å². The molecular weight excluding hydrogens is 395 g/mol. The minimum Gasteiger partial charge on any atom is -0.341 e. The Morgan fingerprint density at radius 3 is 2.68 bits per heavy atom. The van der Waals surface area contributed by atoms with Gasteiger partial charge in [0.1, 0.15) is 5.82 Å². The van der Waals surface area contributed by atoms with Gasteiger partial charge in [-0.15, -0.1) is 0 Å². The maximum atomic E-state index is 14.0. The molecule has 0 spiro atoms. The molecule has 2 aliphatic rings. The lowest BCUT2D eigenvalue weighted by atomic mass is 9.95. The summed E-state index contributed by atoms with van der Waals surface area (Å²) in [7, 11) is 0. The number of benzene rings is 1. The highest BCUT2D eigenvalue weighted by Crippen LogP contribution is 2.23. The molecule has 4 rings (SSSR count). The Balaban J connectivity index is 1.34. The molecule has 2 fully saturated rings. The number of pyridine rings is 1. The van der Waals surface area contributed by atoms with Gasteiger partial charge in [-0.25, -0.2) is 4.39 Å². The number of likely N-dealkylation sites (tertiary alicyclic amines) is 1. The molecule has 31 heavy (non-hydrogen) atoms. The predicted molar refractivity (Wildman–Crippen MR) is 115 cm³/mol. The van der Waals surface area contributed by atoms with Gasteiger partial charge < -0.3 is 9.80 Å². The molecule has 164 valence electrons. The Kier molecular flexibility index (Phi) is 6.92. The molecule has 3 heterocycles. The van der Waals surface area contributed by atoms with Crippen molar-refractivity contribution in [3.8, 4) is 0 Å². The van der Waals surface area contributed by atoms with Gasteiger partial charge in [0.15, 0.2) is 0 Å². The highest BCUT2D eigenvalue weighted by Gasteiger charge is 2.33. The van der Waals surface area contributed by atoms with Gasteiger partial charge in [-0.05, 0) is 31.0 Å². The van der Waals surface area contributed by atoms with Crippen molar-refractivity contribution in [1.82, 2.24) is 19.7 Å². The van der Waals surface area contributed by atoms with Crippen LogP contribution in [-0.4, -0.2) is 64.2 Å². The van der Waals surface area contributed by atoms with E-state index >= 15 is 0 Å². The van der Waals surface area contributed by atoms with E-state index in [0.29, 0.717) is 31.5 Å². The summed E-state index contributed by atoms with van der Waals surface area (Å²) in [6.07, 6.45) is 3.63. The van der Waals surface area contributed by atoms with Crippen LogP contribution in [0.1, 0.15) is 30.5 Å². The van der Waals surface area contributed by atoms with Gasteiger partial charge in [0.05, 0.1) is 11.6 Å². The van der Waals surface area contributed by atoms with Crippen LogP contribution < -0.4 is 0 Å². The standard InChI is InChI=1S/C24H29FN4O2/c25-22-8-2-1-6-19(22)16-29-17-20(9-10-23(29)30)24(31)28-13-5-12-27(14-15-28)18-21-7-3-4-11-26-21/h1-4,6-8,11,20H,5,9-10,12-18H2/t20-/m1/s1. The number of hydrogen-bond donors (Lipinski definition) is 0. The molecule has 2 amide bonds. The first-order valence-corrected chi connectivity index (χ1v) is 11.0. The minimum atomic E-state index is -0.315. The summed E-state index contributed by atoms with van der Waals surface area (Å²) in [5, 5.41) is 0. The fourth-order valence-electron chi connectivity index (χ4n) is 4.43. The molecule has 2 aromatic rings. The lowest BCUT2D eigenvalue weighted by Crippen LogP contribution is -2.47. The molecule has 2 saturated heterocycles. The predicted octanol–water partition coefficient (Wildman–Crippen LogP) is 2.69. The quantitative estimate of drug-likeness (QED) is 0.741. The summed E-state index contributed by atoms with van der Waals surface area (Å²) in [6.45, 7) is 4.53. The van der Waals surface area contributed by atoms with Gasteiger partial charge in [0.2, 0.25) is 11.8 Å². The fraction of sp³-hybridized carbons (Fsp3) is 0.458. The van der Waals surface area contributed by atoms with Crippen LogP contribution in [0.25, 0.3) is 0 Å². The van der Waals surface area contributed by atoms with Crippen molar-refractivity contribution in [3.63, 3.8) is 0 Å². The van der Waals surface area contributed by atoms with Gasteiger partial charge >= 0.3 is 0 Å². The molecule has 0 aliphatic carbocycles. The van der Waals surface area contributed by atoms with E-state index < -0.39 is 0 Å². The van der Waals surface area contributed by atoms with E-state index in [1.54, 1.807) is 29.3 Å². The summed E-state index contributed by atoms with van der Waals surface area (Å²) in [5.74, 6) is -0.425. The van der Waals surface area contributed by atoms with Crippen LogP contribution >= 0.6 is 0 Å². The fourth-order valence-corrected chi connectivity index (χ4v) is 4.43. The van der Waals surface area contributed by atoms with Gasteiger partial charge in [-0.3, -0.25) is 19.5 Å². The van der Waals surface area contributed by atoms with E-state index in [9.17, 15) is 14.0 Å². The van der Waals surface area contributed by atoms with E-state index in [2.05, 4.69) is 9.88 Å².